The van der Waals surface area contributed by atoms with Gasteiger partial charge in [-0.3, -0.25) is 14.2 Å². The number of hydrogen-bond donors (Lipinski definition) is 2. The third kappa shape index (κ3) is 6.58. The number of anilines is 2. The Hall–Kier alpha value is -3.43. The van der Waals surface area contributed by atoms with Crippen LogP contribution in [0.4, 0.5) is 11.8 Å². The number of rotatable bonds is 13. The van der Waals surface area contributed by atoms with Crippen LogP contribution in [-0.2, 0) is 30.2 Å². The number of nitrogens with one attached hydrogen (secondary N) is 2. The van der Waals surface area contributed by atoms with E-state index in [2.05, 4.69) is 25.7 Å². The van der Waals surface area contributed by atoms with E-state index >= 15 is 0 Å². The van der Waals surface area contributed by atoms with Gasteiger partial charge in [0.1, 0.15) is 0 Å². The minimum atomic E-state index is -1.00. The first-order chi connectivity index (χ1) is 21.2. The zero-order valence-electron chi connectivity index (χ0n) is 24.2. The highest BCUT2D eigenvalue weighted by molar-refractivity contribution is 7.99. The maximum Gasteiger partial charge on any atom is 0.293 e. The quantitative estimate of drug-likeness (QED) is 0.271. The Balaban J connectivity index is 1.33. The Bertz CT molecular complexity index is 1370. The Labute approximate surface area is 253 Å². The van der Waals surface area contributed by atoms with Gasteiger partial charge in [-0.25, -0.2) is 4.98 Å². The molecule has 6 heterocycles. The van der Waals surface area contributed by atoms with Crippen LogP contribution in [-0.4, -0.2) is 98.5 Å². The van der Waals surface area contributed by atoms with Crippen LogP contribution in [0.1, 0.15) is 62.8 Å². The maximum absolute atomic E-state index is 11.6. The zero-order chi connectivity index (χ0) is 29.6. The standard InChI is InChI=1S/C28H38N8O6S/c1-2-18-14-20(42-34-18)22-23(39-16-37)24(40-17-38)27(41-22)36-15-30-21-25(31-19-6-12-43-13-7-19)32-28(33-26(21)36)29-8-11-35-9-4-3-5-10-35/h14-17,19,22-24,27H,2-13H2,1H3,(H2,29,31,32,33)/t22-,23+,24-,27-/m1/s1. The Morgan fingerprint density at radius 3 is 2.63 bits per heavy atom. The van der Waals surface area contributed by atoms with Crippen molar-refractivity contribution < 1.29 is 28.3 Å². The normalized spacial score (nSPS) is 25.0. The number of carbonyl (C=O) groups excluding carboxylic acids is 2. The molecule has 6 rings (SSSR count). The fourth-order valence-electron chi connectivity index (χ4n) is 5.97. The molecule has 0 amide bonds. The second-order valence-corrected chi connectivity index (χ2v) is 12.2. The van der Waals surface area contributed by atoms with Gasteiger partial charge in [0.05, 0.1) is 12.0 Å². The molecule has 0 bridgehead atoms. The van der Waals surface area contributed by atoms with Gasteiger partial charge in [-0.05, 0) is 56.7 Å². The predicted molar refractivity (Wildman–Crippen MR) is 159 cm³/mol. The van der Waals surface area contributed by atoms with Crippen molar-refractivity contribution in [2.75, 3.05) is 48.3 Å². The third-order valence-electron chi connectivity index (χ3n) is 8.25. The number of likely N-dealkylation sites (tertiary alicyclic amines) is 1. The lowest BCUT2D eigenvalue weighted by Crippen LogP contribution is -2.34. The van der Waals surface area contributed by atoms with Crippen molar-refractivity contribution in [1.82, 2.24) is 29.6 Å². The molecule has 0 aromatic carbocycles. The molecule has 3 aliphatic heterocycles. The molecule has 3 saturated heterocycles. The molecule has 3 aliphatic rings. The highest BCUT2D eigenvalue weighted by Gasteiger charge is 2.51. The van der Waals surface area contributed by atoms with E-state index in [9.17, 15) is 9.59 Å². The molecule has 43 heavy (non-hydrogen) atoms. The van der Waals surface area contributed by atoms with Crippen LogP contribution >= 0.6 is 11.8 Å². The largest absolute Gasteiger partial charge is 0.457 e. The van der Waals surface area contributed by atoms with Gasteiger partial charge in [-0.2, -0.15) is 21.7 Å². The monoisotopic (exact) mass is 614 g/mol. The van der Waals surface area contributed by atoms with E-state index in [0.29, 0.717) is 54.6 Å². The first-order valence-electron chi connectivity index (χ1n) is 15.0. The van der Waals surface area contributed by atoms with Crippen LogP contribution in [0, 0.1) is 0 Å². The number of imidazole rings is 1. The summed E-state index contributed by atoms with van der Waals surface area (Å²) in [4.78, 5) is 39.9. The number of thioether (sulfide) groups is 1. The minimum Gasteiger partial charge on any atom is -0.457 e. The highest BCUT2D eigenvalue weighted by atomic mass is 32.2. The molecule has 0 radical (unpaired) electrons. The number of carbonyl (C=O) groups is 2. The summed E-state index contributed by atoms with van der Waals surface area (Å²) >= 11 is 1.95. The molecule has 4 atom stereocenters. The molecule has 15 heteroatoms. The lowest BCUT2D eigenvalue weighted by atomic mass is 10.1. The van der Waals surface area contributed by atoms with Crippen molar-refractivity contribution >= 4 is 47.6 Å². The molecule has 0 aliphatic carbocycles. The summed E-state index contributed by atoms with van der Waals surface area (Å²) in [6.45, 7) is 6.38. The van der Waals surface area contributed by atoms with E-state index in [0.717, 1.165) is 49.7 Å². The summed E-state index contributed by atoms with van der Waals surface area (Å²) in [6, 6.07) is 2.02. The van der Waals surface area contributed by atoms with Crippen LogP contribution in [0.15, 0.2) is 16.9 Å². The van der Waals surface area contributed by atoms with Crippen molar-refractivity contribution in [3.05, 3.63) is 23.8 Å². The summed E-state index contributed by atoms with van der Waals surface area (Å²) < 4.78 is 24.5. The van der Waals surface area contributed by atoms with Gasteiger partial charge >= 0.3 is 0 Å². The maximum atomic E-state index is 11.6. The lowest BCUT2D eigenvalue weighted by molar-refractivity contribution is -0.151. The van der Waals surface area contributed by atoms with Crippen molar-refractivity contribution in [2.45, 2.75) is 76.0 Å². The molecule has 0 unspecified atom stereocenters. The molecular formula is C28H38N8O6S. The first kappa shape index (κ1) is 29.6. The van der Waals surface area contributed by atoms with Crippen LogP contribution in [0.3, 0.4) is 0 Å². The molecule has 14 nitrogen and oxygen atoms in total. The van der Waals surface area contributed by atoms with Gasteiger partial charge in [0.15, 0.2) is 47.3 Å². The zero-order valence-corrected chi connectivity index (χ0v) is 25.0. The molecular weight excluding hydrogens is 576 g/mol. The summed E-state index contributed by atoms with van der Waals surface area (Å²) in [5, 5.41) is 11.1. The average Bonchev–Trinajstić information content (AvgIpc) is 3.77. The molecule has 3 fully saturated rings. The van der Waals surface area contributed by atoms with Crippen molar-refractivity contribution in [3.63, 3.8) is 0 Å². The summed E-state index contributed by atoms with van der Waals surface area (Å²) in [5.41, 5.74) is 1.78. The van der Waals surface area contributed by atoms with E-state index in [1.165, 1.54) is 19.3 Å². The fraction of sp³-hybridized carbons (Fsp3) is 0.643. The van der Waals surface area contributed by atoms with Gasteiger partial charge in [0.2, 0.25) is 5.95 Å². The molecule has 3 aromatic rings. The number of aromatic nitrogens is 5. The number of fused-ring (bicyclic) bond motifs is 1. The fourth-order valence-corrected chi connectivity index (χ4v) is 7.08. The van der Waals surface area contributed by atoms with E-state index in [-0.39, 0.29) is 6.04 Å². The van der Waals surface area contributed by atoms with Crippen LogP contribution in [0.2, 0.25) is 0 Å². The SMILES string of the molecule is CCc1cc([C@H]2O[C@@H](n3cnc4c(NC5CCSCC5)nc(NCCN5CCCCC5)nc43)[C@H](OC=O)[C@H]2OC=O)on1. The number of hydrogen-bond acceptors (Lipinski definition) is 14. The smallest absolute Gasteiger partial charge is 0.293 e. The second-order valence-electron chi connectivity index (χ2n) is 11.0. The summed E-state index contributed by atoms with van der Waals surface area (Å²) in [7, 11) is 0. The van der Waals surface area contributed by atoms with Gasteiger partial charge in [0.25, 0.3) is 12.9 Å². The third-order valence-corrected chi connectivity index (χ3v) is 9.30. The van der Waals surface area contributed by atoms with Gasteiger partial charge in [-0.1, -0.05) is 18.5 Å². The van der Waals surface area contributed by atoms with E-state index in [4.69, 9.17) is 28.7 Å². The summed E-state index contributed by atoms with van der Waals surface area (Å²) in [5.74, 6) is 3.63. The van der Waals surface area contributed by atoms with Crippen molar-refractivity contribution in [3.8, 4) is 0 Å². The molecule has 0 spiro atoms. The highest BCUT2D eigenvalue weighted by Crippen LogP contribution is 2.43. The topological polar surface area (TPSA) is 159 Å². The predicted octanol–water partition coefficient (Wildman–Crippen LogP) is 2.94. The minimum absolute atomic E-state index is 0.272. The molecule has 232 valence electrons. The van der Waals surface area contributed by atoms with Gasteiger partial charge in [0, 0.05) is 25.2 Å². The van der Waals surface area contributed by atoms with Gasteiger partial charge < -0.3 is 34.3 Å². The van der Waals surface area contributed by atoms with Crippen LogP contribution in [0.25, 0.3) is 11.2 Å². The van der Waals surface area contributed by atoms with Crippen molar-refractivity contribution in [2.24, 2.45) is 0 Å². The number of piperidine rings is 1. The summed E-state index contributed by atoms with van der Waals surface area (Å²) in [6.07, 6.45) is 4.26. The van der Waals surface area contributed by atoms with Gasteiger partial charge in [-0.15, -0.1) is 0 Å². The van der Waals surface area contributed by atoms with E-state index < -0.39 is 24.5 Å². The first-order valence-corrected chi connectivity index (χ1v) is 16.2. The second kappa shape index (κ2) is 13.9. The Kier molecular flexibility index (Phi) is 9.58. The van der Waals surface area contributed by atoms with E-state index in [1.807, 2.05) is 18.7 Å². The molecule has 2 N–H and O–H groups in total. The molecule has 0 saturated carbocycles. The Morgan fingerprint density at radius 2 is 1.88 bits per heavy atom. The Morgan fingerprint density at radius 1 is 1.09 bits per heavy atom. The molecule has 3 aromatic heterocycles. The van der Waals surface area contributed by atoms with E-state index in [1.54, 1.807) is 17.0 Å². The number of ether oxygens (including phenoxy) is 3. The lowest BCUT2D eigenvalue weighted by Gasteiger charge is -2.26. The number of nitrogens with zero attached hydrogens (tertiary/aromatic N) is 6. The van der Waals surface area contributed by atoms with Crippen molar-refractivity contribution in [1.29, 1.82) is 0 Å². The average molecular weight is 615 g/mol. The van der Waals surface area contributed by atoms with Crippen LogP contribution in [0.5, 0.6) is 0 Å². The van der Waals surface area contributed by atoms with Crippen LogP contribution < -0.4 is 10.6 Å². The number of aryl methyl sites for hydroxylation is 1.